The van der Waals surface area contributed by atoms with E-state index in [-0.39, 0.29) is 12.2 Å². The Hall–Kier alpha value is -0.900. The van der Waals surface area contributed by atoms with E-state index in [4.69, 9.17) is 10.8 Å². The molecular weight excluding hydrogens is 146 g/mol. The third-order valence-electron chi connectivity index (χ3n) is 1.26. The second-order valence-corrected chi connectivity index (χ2v) is 2.35. The van der Waals surface area contributed by atoms with Crippen LogP contribution in [0.3, 0.4) is 0 Å². The van der Waals surface area contributed by atoms with Gasteiger partial charge in [-0.1, -0.05) is 0 Å². The average molecular weight is 159 g/mol. The van der Waals surface area contributed by atoms with E-state index in [0.717, 1.165) is 6.42 Å². The molecule has 0 spiro atoms. The molecule has 4 heteroatoms. The van der Waals surface area contributed by atoms with Crippen molar-refractivity contribution in [2.24, 2.45) is 5.73 Å². The van der Waals surface area contributed by atoms with E-state index in [9.17, 15) is 9.59 Å². The molecule has 0 aromatic rings. The summed E-state index contributed by atoms with van der Waals surface area (Å²) in [4.78, 5) is 20.7. The number of aliphatic carboxylic acids is 1. The van der Waals surface area contributed by atoms with Gasteiger partial charge >= 0.3 is 5.97 Å². The molecule has 0 heterocycles. The Bertz CT molecular complexity index is 145. The second kappa shape index (κ2) is 5.85. The molecule has 3 N–H and O–H groups in total. The zero-order chi connectivity index (χ0) is 8.69. The van der Waals surface area contributed by atoms with Crippen molar-refractivity contribution < 1.29 is 14.7 Å². The molecule has 4 nitrogen and oxygen atoms in total. The number of carboxylic acid groups (broad SMARTS) is 1. The predicted molar refractivity (Wildman–Crippen MR) is 40.2 cm³/mol. The van der Waals surface area contributed by atoms with Gasteiger partial charge in [-0.15, -0.1) is 0 Å². The average Bonchev–Trinajstić information content (AvgIpc) is 1.86. The van der Waals surface area contributed by atoms with Gasteiger partial charge in [0.25, 0.3) is 0 Å². The fourth-order valence-corrected chi connectivity index (χ4v) is 0.724. The topological polar surface area (TPSA) is 80.4 Å². The molecule has 64 valence electrons. The van der Waals surface area contributed by atoms with Gasteiger partial charge in [0.2, 0.25) is 0 Å². The van der Waals surface area contributed by atoms with Gasteiger partial charge in [0.1, 0.15) is 12.2 Å². The van der Waals surface area contributed by atoms with Gasteiger partial charge in [-0.3, -0.25) is 9.59 Å². The van der Waals surface area contributed by atoms with Crippen LogP contribution in [0.1, 0.15) is 25.7 Å². The van der Waals surface area contributed by atoms with Gasteiger partial charge in [-0.05, 0) is 19.4 Å². The van der Waals surface area contributed by atoms with Crippen LogP contribution < -0.4 is 5.73 Å². The first-order valence-corrected chi connectivity index (χ1v) is 3.60. The van der Waals surface area contributed by atoms with Crippen molar-refractivity contribution in [2.45, 2.75) is 25.7 Å². The third-order valence-corrected chi connectivity index (χ3v) is 1.26. The minimum absolute atomic E-state index is 0.217. The van der Waals surface area contributed by atoms with Gasteiger partial charge in [-0.2, -0.15) is 0 Å². The molecule has 0 radical (unpaired) electrons. The zero-order valence-corrected chi connectivity index (χ0v) is 6.38. The summed E-state index contributed by atoms with van der Waals surface area (Å²) in [7, 11) is 0. The Morgan fingerprint density at radius 3 is 2.36 bits per heavy atom. The van der Waals surface area contributed by atoms with E-state index in [0.29, 0.717) is 19.4 Å². The summed E-state index contributed by atoms with van der Waals surface area (Å²) >= 11 is 0. The minimum atomic E-state index is -1.05. The number of nitrogens with two attached hydrogens (primary N) is 1. The van der Waals surface area contributed by atoms with Crippen molar-refractivity contribution in [3.05, 3.63) is 0 Å². The fraction of sp³-hybridized carbons (Fsp3) is 0.714. The highest BCUT2D eigenvalue weighted by Gasteiger charge is 2.05. The molecular formula is C7H13NO3. The molecule has 0 saturated heterocycles. The van der Waals surface area contributed by atoms with Crippen LogP contribution in [0.2, 0.25) is 0 Å². The number of carbonyl (C=O) groups excluding carboxylic acids is 1. The predicted octanol–water partition coefficient (Wildman–Crippen LogP) is 0.159. The Morgan fingerprint density at radius 1 is 1.27 bits per heavy atom. The van der Waals surface area contributed by atoms with E-state index in [1.807, 2.05) is 0 Å². The zero-order valence-electron chi connectivity index (χ0n) is 6.38. The largest absolute Gasteiger partial charge is 0.481 e. The molecule has 0 unspecified atom stereocenters. The van der Waals surface area contributed by atoms with Crippen molar-refractivity contribution in [3.8, 4) is 0 Å². The van der Waals surface area contributed by atoms with E-state index in [2.05, 4.69) is 0 Å². The van der Waals surface area contributed by atoms with Crippen LogP contribution in [0.15, 0.2) is 0 Å². The summed E-state index contributed by atoms with van der Waals surface area (Å²) in [6.45, 7) is 0.556. The van der Waals surface area contributed by atoms with Crippen LogP contribution in [0, 0.1) is 0 Å². The van der Waals surface area contributed by atoms with Crippen molar-refractivity contribution in [1.29, 1.82) is 0 Å². The lowest BCUT2D eigenvalue weighted by Gasteiger charge is -1.95. The van der Waals surface area contributed by atoms with Crippen molar-refractivity contribution >= 4 is 11.8 Å². The number of carbonyl (C=O) groups is 2. The SMILES string of the molecule is NCCCCC(=O)CC(=O)O. The first kappa shape index (κ1) is 10.1. The van der Waals surface area contributed by atoms with Crippen molar-refractivity contribution in [1.82, 2.24) is 0 Å². The smallest absolute Gasteiger partial charge is 0.310 e. The molecule has 0 amide bonds. The Balaban J connectivity index is 3.30. The summed E-state index contributed by atoms with van der Waals surface area (Å²) in [6.07, 6.45) is 1.46. The molecule has 0 aliphatic heterocycles. The van der Waals surface area contributed by atoms with Crippen LogP contribution in [0.5, 0.6) is 0 Å². The van der Waals surface area contributed by atoms with E-state index in [1.54, 1.807) is 0 Å². The summed E-state index contributed by atoms with van der Waals surface area (Å²) in [5, 5.41) is 8.19. The number of rotatable bonds is 6. The minimum Gasteiger partial charge on any atom is -0.481 e. The van der Waals surface area contributed by atoms with Crippen LogP contribution in [0.25, 0.3) is 0 Å². The molecule has 0 bridgehead atoms. The van der Waals surface area contributed by atoms with Crippen LogP contribution >= 0.6 is 0 Å². The number of ketones is 1. The summed E-state index contributed by atoms with van der Waals surface area (Å²) < 4.78 is 0. The summed E-state index contributed by atoms with van der Waals surface area (Å²) in [5.41, 5.74) is 5.19. The van der Waals surface area contributed by atoms with Crippen molar-refractivity contribution in [2.75, 3.05) is 6.54 Å². The fourth-order valence-electron chi connectivity index (χ4n) is 0.724. The van der Waals surface area contributed by atoms with E-state index in [1.165, 1.54) is 0 Å². The maximum absolute atomic E-state index is 10.7. The number of hydrogen-bond acceptors (Lipinski definition) is 3. The van der Waals surface area contributed by atoms with Gasteiger partial charge in [0.15, 0.2) is 0 Å². The Morgan fingerprint density at radius 2 is 1.91 bits per heavy atom. The third kappa shape index (κ3) is 6.99. The summed E-state index contributed by atoms with van der Waals surface area (Å²) in [6, 6.07) is 0. The monoisotopic (exact) mass is 159 g/mol. The Kier molecular flexibility index (Phi) is 5.37. The molecule has 0 rings (SSSR count). The lowest BCUT2D eigenvalue weighted by atomic mass is 10.1. The molecule has 0 aliphatic carbocycles. The molecule has 11 heavy (non-hydrogen) atoms. The lowest BCUT2D eigenvalue weighted by Crippen LogP contribution is -2.07. The van der Waals surface area contributed by atoms with Gasteiger partial charge < -0.3 is 10.8 Å². The molecule has 0 aromatic carbocycles. The van der Waals surface area contributed by atoms with Gasteiger partial charge in [-0.25, -0.2) is 0 Å². The normalized spacial score (nSPS) is 9.55. The first-order valence-electron chi connectivity index (χ1n) is 3.60. The number of Topliss-reactive ketones (excluding diaryl/α,β-unsaturated/α-hetero) is 1. The lowest BCUT2D eigenvalue weighted by molar-refractivity contribution is -0.140. The first-order chi connectivity index (χ1) is 5.16. The van der Waals surface area contributed by atoms with Crippen LogP contribution in [0.4, 0.5) is 0 Å². The maximum atomic E-state index is 10.7. The van der Waals surface area contributed by atoms with Gasteiger partial charge in [0.05, 0.1) is 0 Å². The van der Waals surface area contributed by atoms with Crippen LogP contribution in [-0.4, -0.2) is 23.4 Å². The van der Waals surface area contributed by atoms with E-state index < -0.39 is 5.97 Å². The number of hydrogen-bond donors (Lipinski definition) is 2. The maximum Gasteiger partial charge on any atom is 0.310 e. The quantitative estimate of drug-likeness (QED) is 0.427. The highest BCUT2D eigenvalue weighted by Crippen LogP contribution is 1.97. The molecule has 0 fully saturated rings. The summed E-state index contributed by atoms with van der Waals surface area (Å²) in [5.74, 6) is -1.27. The van der Waals surface area contributed by atoms with E-state index >= 15 is 0 Å². The second-order valence-electron chi connectivity index (χ2n) is 2.35. The van der Waals surface area contributed by atoms with Crippen molar-refractivity contribution in [3.63, 3.8) is 0 Å². The number of carboxylic acids is 1. The van der Waals surface area contributed by atoms with Gasteiger partial charge in [0, 0.05) is 6.42 Å². The highest BCUT2D eigenvalue weighted by atomic mass is 16.4. The molecule has 0 saturated carbocycles. The molecule has 0 aromatic heterocycles. The van der Waals surface area contributed by atoms with Crippen LogP contribution in [-0.2, 0) is 9.59 Å². The highest BCUT2D eigenvalue weighted by molar-refractivity contribution is 5.94. The standard InChI is InChI=1S/C7H13NO3/c8-4-2-1-3-6(9)5-7(10)11/h1-5,8H2,(H,10,11). The number of unbranched alkanes of at least 4 members (excludes halogenated alkanes) is 1. The molecule has 0 atom stereocenters. The molecule has 0 aliphatic rings. The Labute approximate surface area is 65.4 Å².